The van der Waals surface area contributed by atoms with Crippen LogP contribution in [0, 0.1) is 5.92 Å². The molecule has 1 aliphatic carbocycles. The lowest BCUT2D eigenvalue weighted by Gasteiger charge is -2.43. The largest absolute Gasteiger partial charge is 0.493 e. The van der Waals surface area contributed by atoms with Gasteiger partial charge in [0.2, 0.25) is 5.91 Å². The smallest absolute Gasteiger partial charge is 0.232 e. The number of piperazine rings is 1. The van der Waals surface area contributed by atoms with E-state index in [2.05, 4.69) is 41.1 Å². The minimum absolute atomic E-state index is 0.0242. The number of rotatable bonds is 10. The van der Waals surface area contributed by atoms with Gasteiger partial charge in [-0.15, -0.1) is 0 Å². The highest BCUT2D eigenvalue weighted by Crippen LogP contribution is 2.44. The van der Waals surface area contributed by atoms with E-state index in [1.807, 2.05) is 67.1 Å². The molecule has 8 nitrogen and oxygen atoms in total. The van der Waals surface area contributed by atoms with Crippen molar-refractivity contribution >= 4 is 28.9 Å². The molecule has 3 aromatic carbocycles. The second kappa shape index (κ2) is 15.1. The van der Waals surface area contributed by atoms with Crippen molar-refractivity contribution in [3.8, 4) is 11.5 Å². The molecule has 1 amide bonds. The van der Waals surface area contributed by atoms with Gasteiger partial charge in [-0.25, -0.2) is 0 Å². The monoisotopic (exact) mass is 674 g/mol. The number of carbonyl (C=O) groups excluding carboxylic acids is 1. The summed E-state index contributed by atoms with van der Waals surface area (Å²) < 4.78 is 11.8. The fraction of sp³-hybridized carbons (Fsp3) is 0.513. The Morgan fingerprint density at radius 3 is 2.33 bits per heavy atom. The average Bonchev–Trinajstić information content (AvgIpc) is 3.08. The Morgan fingerprint density at radius 2 is 1.69 bits per heavy atom. The Balaban J connectivity index is 1.15. The summed E-state index contributed by atoms with van der Waals surface area (Å²) in [4.78, 5) is 22.7. The third-order valence-electron chi connectivity index (χ3n) is 10.6. The molecule has 1 N–H and O–H groups in total. The number of aliphatic hydroxyl groups is 1. The molecule has 1 saturated heterocycles. The quantitative estimate of drug-likeness (QED) is 0.255. The third-order valence-corrected chi connectivity index (χ3v) is 10.8. The number of fused-ring (bicyclic) bond motifs is 1. The number of β-amino-alcohol motifs (C(OH)–C–C–N with tert-alkyl or cyclic N) is 1. The van der Waals surface area contributed by atoms with Gasteiger partial charge in [-0.2, -0.15) is 0 Å². The van der Waals surface area contributed by atoms with Gasteiger partial charge in [-0.3, -0.25) is 14.6 Å². The van der Waals surface area contributed by atoms with E-state index in [1.165, 1.54) is 32.1 Å². The first kappa shape index (κ1) is 34.6. The van der Waals surface area contributed by atoms with Gasteiger partial charge in [0.15, 0.2) is 11.5 Å². The van der Waals surface area contributed by atoms with Crippen molar-refractivity contribution < 1.29 is 19.4 Å². The zero-order valence-corrected chi connectivity index (χ0v) is 29.8. The van der Waals surface area contributed by atoms with Gasteiger partial charge in [0.1, 0.15) is 6.23 Å². The second-order valence-corrected chi connectivity index (χ2v) is 14.6. The first-order valence-electron chi connectivity index (χ1n) is 17.5. The average molecular weight is 675 g/mol. The number of hydrogen-bond donors (Lipinski definition) is 1. The van der Waals surface area contributed by atoms with Crippen LogP contribution in [0.5, 0.6) is 11.5 Å². The number of hydrogen-bond acceptors (Lipinski definition) is 7. The van der Waals surface area contributed by atoms with Crippen molar-refractivity contribution in [2.45, 2.75) is 76.8 Å². The summed E-state index contributed by atoms with van der Waals surface area (Å²) in [5, 5.41) is 11.0. The van der Waals surface area contributed by atoms with E-state index in [4.69, 9.17) is 21.1 Å². The van der Waals surface area contributed by atoms with Crippen molar-refractivity contribution in [2.75, 3.05) is 57.2 Å². The van der Waals surface area contributed by atoms with Gasteiger partial charge in [0.05, 0.1) is 25.7 Å². The van der Waals surface area contributed by atoms with E-state index in [0.29, 0.717) is 22.6 Å². The maximum Gasteiger partial charge on any atom is 0.232 e. The van der Waals surface area contributed by atoms with Crippen molar-refractivity contribution in [3.63, 3.8) is 0 Å². The molecule has 0 spiro atoms. The van der Waals surface area contributed by atoms with Gasteiger partial charge in [0.25, 0.3) is 0 Å². The number of amides is 1. The van der Waals surface area contributed by atoms with Crippen LogP contribution in [0.15, 0.2) is 60.7 Å². The molecule has 0 aromatic heterocycles. The molecule has 6 rings (SSSR count). The molecule has 1 saturated carbocycles. The van der Waals surface area contributed by atoms with Crippen LogP contribution in [0.1, 0.15) is 68.7 Å². The predicted octanol–water partition coefficient (Wildman–Crippen LogP) is 6.77. The molecular weight excluding hydrogens is 624 g/mol. The lowest BCUT2D eigenvalue weighted by atomic mass is 9.83. The first-order chi connectivity index (χ1) is 23.1. The molecule has 3 aliphatic rings. The lowest BCUT2D eigenvalue weighted by Crippen LogP contribution is -2.55. The van der Waals surface area contributed by atoms with Crippen LogP contribution < -0.4 is 19.3 Å². The molecule has 48 heavy (non-hydrogen) atoms. The molecule has 9 heteroatoms. The highest BCUT2D eigenvalue weighted by atomic mass is 35.5. The summed E-state index contributed by atoms with van der Waals surface area (Å²) in [5.41, 5.74) is 4.94. The van der Waals surface area contributed by atoms with Crippen LogP contribution in [-0.2, 0) is 11.2 Å². The molecule has 2 atom stereocenters. The molecule has 258 valence electrons. The van der Waals surface area contributed by atoms with Gasteiger partial charge in [-0.05, 0) is 124 Å². The summed E-state index contributed by atoms with van der Waals surface area (Å²) in [5.74, 6) is 2.07. The van der Waals surface area contributed by atoms with Crippen molar-refractivity contribution in [1.29, 1.82) is 0 Å². The number of methoxy groups -OCH3 is 1. The zero-order chi connectivity index (χ0) is 33.9. The van der Waals surface area contributed by atoms with Crippen LogP contribution >= 0.6 is 11.6 Å². The predicted molar refractivity (Wildman–Crippen MR) is 194 cm³/mol. The molecule has 0 bridgehead atoms. The maximum absolute atomic E-state index is 13.9. The highest BCUT2D eigenvalue weighted by molar-refractivity contribution is 6.30. The van der Waals surface area contributed by atoms with Crippen LogP contribution in [0.25, 0.3) is 0 Å². The van der Waals surface area contributed by atoms with E-state index in [9.17, 15) is 9.90 Å². The minimum Gasteiger partial charge on any atom is -0.493 e. The summed E-state index contributed by atoms with van der Waals surface area (Å²) >= 11 is 6.29. The van der Waals surface area contributed by atoms with E-state index in [1.54, 1.807) is 7.11 Å². The van der Waals surface area contributed by atoms with Crippen LogP contribution in [-0.4, -0.2) is 86.6 Å². The standard InChI is InChI=1S/C39H51ClN4O4/c1-26(2)48-36-24-34-29(22-35(36)47-5)23-37(45)44(39(34)28-8-10-30(40)11-9-28)33-16-14-31(15-17-33)41(3)19-18-27-6-12-32(13-7-27)43-21-20-42(4)38(46)25-43/h8-11,14-17,22,24,26-27,32,38-39,46H,6-7,12-13,18-21,23,25H2,1-5H3/t27?,32?,38?,39-/m0/s1. The normalized spacial score (nSPS) is 23.7. The summed E-state index contributed by atoms with van der Waals surface area (Å²) in [6.07, 6.45) is 6.02. The molecule has 0 radical (unpaired) electrons. The molecule has 1 unspecified atom stereocenters. The van der Waals surface area contributed by atoms with Crippen molar-refractivity contribution in [2.24, 2.45) is 5.92 Å². The molecule has 3 aromatic rings. The topological polar surface area (TPSA) is 68.7 Å². The SMILES string of the molecule is COc1cc2c(cc1OC(C)C)[C@H](c1ccc(Cl)cc1)N(c1ccc(N(C)CCC3CCC(N4CCN(C)C(O)C4)CC3)cc1)C(=O)C2. The third kappa shape index (κ3) is 7.62. The molecule has 2 fully saturated rings. The number of likely N-dealkylation sites (N-methyl/N-ethyl adjacent to an activating group) is 1. The van der Waals surface area contributed by atoms with E-state index in [-0.39, 0.29) is 30.7 Å². The van der Waals surface area contributed by atoms with Crippen LogP contribution in [0.2, 0.25) is 5.02 Å². The Labute approximate surface area is 291 Å². The fourth-order valence-corrected chi connectivity index (χ4v) is 7.83. The van der Waals surface area contributed by atoms with E-state index < -0.39 is 0 Å². The number of aliphatic hydroxyl groups excluding tert-OH is 1. The summed E-state index contributed by atoms with van der Waals surface area (Å²) in [6.45, 7) is 7.75. The maximum atomic E-state index is 13.9. The number of ether oxygens (including phenoxy) is 2. The second-order valence-electron chi connectivity index (χ2n) is 14.1. The Kier molecular flexibility index (Phi) is 10.9. The van der Waals surface area contributed by atoms with Crippen LogP contribution in [0.3, 0.4) is 0 Å². The highest BCUT2D eigenvalue weighted by Gasteiger charge is 2.36. The first-order valence-corrected chi connectivity index (χ1v) is 17.9. The van der Waals surface area contributed by atoms with Gasteiger partial charge in [-0.1, -0.05) is 23.7 Å². The minimum atomic E-state index is -0.343. The van der Waals surface area contributed by atoms with Gasteiger partial charge in [0, 0.05) is 55.7 Å². The zero-order valence-electron chi connectivity index (χ0n) is 29.1. The van der Waals surface area contributed by atoms with Gasteiger partial charge < -0.3 is 24.4 Å². The molecule has 2 heterocycles. The Bertz CT molecular complexity index is 1540. The fourth-order valence-electron chi connectivity index (χ4n) is 7.71. The number of nitrogens with zero attached hydrogens (tertiary/aromatic N) is 4. The number of benzene rings is 3. The van der Waals surface area contributed by atoms with Crippen molar-refractivity contribution in [3.05, 3.63) is 82.4 Å². The van der Waals surface area contributed by atoms with Crippen LogP contribution in [0.4, 0.5) is 11.4 Å². The van der Waals surface area contributed by atoms with E-state index in [0.717, 1.165) is 60.2 Å². The van der Waals surface area contributed by atoms with Crippen molar-refractivity contribution in [1.82, 2.24) is 9.80 Å². The molecule has 2 aliphatic heterocycles. The number of anilines is 2. The Hall–Kier alpha value is -3.30. The summed E-state index contributed by atoms with van der Waals surface area (Å²) in [6, 6.07) is 20.4. The lowest BCUT2D eigenvalue weighted by molar-refractivity contribution is -0.118. The summed E-state index contributed by atoms with van der Waals surface area (Å²) in [7, 11) is 5.80. The Morgan fingerprint density at radius 1 is 0.979 bits per heavy atom. The molecular formula is C39H51ClN4O4. The van der Waals surface area contributed by atoms with E-state index >= 15 is 0 Å². The van der Waals surface area contributed by atoms with Gasteiger partial charge >= 0.3 is 0 Å². The number of carbonyl (C=O) groups is 1. The number of halogens is 1.